The van der Waals surface area contributed by atoms with Gasteiger partial charge < -0.3 is 5.73 Å². The van der Waals surface area contributed by atoms with Gasteiger partial charge in [0.2, 0.25) is 0 Å². The molecule has 0 aliphatic carbocycles. The number of nitrogen functional groups attached to an aromatic ring is 1. The van der Waals surface area contributed by atoms with Crippen molar-refractivity contribution in [2.24, 2.45) is 0 Å². The van der Waals surface area contributed by atoms with E-state index in [2.05, 4.69) is 4.98 Å². The van der Waals surface area contributed by atoms with E-state index >= 15 is 0 Å². The lowest BCUT2D eigenvalue weighted by atomic mass is 10.0. The summed E-state index contributed by atoms with van der Waals surface area (Å²) < 4.78 is 26.3. The average Bonchev–Trinajstić information content (AvgIpc) is 2.22. The molecule has 0 spiro atoms. The van der Waals surface area contributed by atoms with Gasteiger partial charge in [-0.1, -0.05) is 0 Å². The number of benzene rings is 1. The van der Waals surface area contributed by atoms with E-state index in [-0.39, 0.29) is 0 Å². The summed E-state index contributed by atoms with van der Waals surface area (Å²) in [6.07, 6.45) is 1.50. The minimum Gasteiger partial charge on any atom is -0.397 e. The van der Waals surface area contributed by atoms with E-state index in [0.717, 1.165) is 6.07 Å². The number of rotatable bonds is 1. The number of nitrogens with two attached hydrogens (primary N) is 1. The number of aromatic nitrogens is 1. The largest absolute Gasteiger partial charge is 0.397 e. The molecule has 0 aliphatic heterocycles. The molecule has 0 atom stereocenters. The third kappa shape index (κ3) is 1.86. The highest BCUT2D eigenvalue weighted by Gasteiger charge is 2.09. The van der Waals surface area contributed by atoms with Crippen LogP contribution in [0.25, 0.3) is 11.1 Å². The minimum absolute atomic E-state index is 0.304. The Morgan fingerprint density at radius 1 is 1.12 bits per heavy atom. The Bertz CT molecular complexity index is 539. The van der Waals surface area contributed by atoms with Crippen molar-refractivity contribution in [2.75, 3.05) is 5.73 Å². The van der Waals surface area contributed by atoms with Gasteiger partial charge >= 0.3 is 0 Å². The summed E-state index contributed by atoms with van der Waals surface area (Å²) in [6, 6.07) is 5.06. The number of hydrogen-bond donors (Lipinski definition) is 1. The molecular formula is C12H10F2N2. The van der Waals surface area contributed by atoms with Crippen molar-refractivity contribution >= 4 is 5.69 Å². The zero-order valence-corrected chi connectivity index (χ0v) is 8.67. The molecule has 0 aliphatic rings. The maximum atomic E-state index is 13.5. The fraction of sp³-hybridized carbons (Fsp3) is 0.0833. The molecule has 2 rings (SSSR count). The Morgan fingerprint density at radius 2 is 1.88 bits per heavy atom. The summed E-state index contributed by atoms with van der Waals surface area (Å²) in [7, 11) is 0. The van der Waals surface area contributed by atoms with Gasteiger partial charge in [0.15, 0.2) is 0 Å². The van der Waals surface area contributed by atoms with Gasteiger partial charge in [0.05, 0.1) is 11.9 Å². The van der Waals surface area contributed by atoms with Gasteiger partial charge in [-0.05, 0) is 25.1 Å². The third-order valence-electron chi connectivity index (χ3n) is 2.33. The normalized spacial score (nSPS) is 10.4. The molecule has 0 bridgehead atoms. The van der Waals surface area contributed by atoms with Crippen LogP contribution < -0.4 is 5.73 Å². The predicted octanol–water partition coefficient (Wildman–Crippen LogP) is 2.92. The van der Waals surface area contributed by atoms with Crippen molar-refractivity contribution < 1.29 is 8.78 Å². The van der Waals surface area contributed by atoms with Crippen molar-refractivity contribution in [2.45, 2.75) is 6.92 Å². The Labute approximate surface area is 91.7 Å². The van der Waals surface area contributed by atoms with Crippen LogP contribution in [0.3, 0.4) is 0 Å². The quantitative estimate of drug-likeness (QED) is 0.802. The Hall–Kier alpha value is -1.97. The lowest BCUT2D eigenvalue weighted by Crippen LogP contribution is -1.94. The number of anilines is 1. The van der Waals surface area contributed by atoms with E-state index in [4.69, 9.17) is 5.73 Å². The predicted molar refractivity (Wildman–Crippen MR) is 58.7 cm³/mol. The topological polar surface area (TPSA) is 38.9 Å². The van der Waals surface area contributed by atoms with Gasteiger partial charge in [0.25, 0.3) is 0 Å². The Balaban J connectivity index is 2.62. The first-order valence-corrected chi connectivity index (χ1v) is 4.75. The van der Waals surface area contributed by atoms with Crippen LogP contribution in [0.4, 0.5) is 14.5 Å². The van der Waals surface area contributed by atoms with Crippen LogP contribution in [0.15, 0.2) is 30.5 Å². The minimum atomic E-state index is -0.615. The molecule has 1 aromatic heterocycles. The van der Waals surface area contributed by atoms with Crippen molar-refractivity contribution in [1.29, 1.82) is 0 Å². The standard InChI is InChI=1S/C12H10F2N2/c1-7-11(5-9(15)6-16-7)10-3-2-8(13)4-12(10)14/h2-6H,15H2,1H3. The van der Waals surface area contributed by atoms with Gasteiger partial charge in [-0.2, -0.15) is 0 Å². The number of pyridine rings is 1. The highest BCUT2D eigenvalue weighted by atomic mass is 19.1. The molecule has 0 amide bonds. The fourth-order valence-electron chi connectivity index (χ4n) is 1.53. The van der Waals surface area contributed by atoms with Gasteiger partial charge in [-0.15, -0.1) is 0 Å². The van der Waals surface area contributed by atoms with Gasteiger partial charge in [-0.3, -0.25) is 4.98 Å². The summed E-state index contributed by atoms with van der Waals surface area (Å²) in [4.78, 5) is 4.03. The molecule has 1 heterocycles. The molecular weight excluding hydrogens is 210 g/mol. The number of aryl methyl sites for hydroxylation is 1. The van der Waals surface area contributed by atoms with E-state index in [1.807, 2.05) is 0 Å². The molecule has 0 saturated heterocycles. The van der Waals surface area contributed by atoms with E-state index in [0.29, 0.717) is 22.5 Å². The lowest BCUT2D eigenvalue weighted by Gasteiger charge is -2.07. The maximum absolute atomic E-state index is 13.5. The van der Waals surface area contributed by atoms with E-state index < -0.39 is 11.6 Å². The molecule has 82 valence electrons. The molecule has 4 heteroatoms. The fourth-order valence-corrected chi connectivity index (χ4v) is 1.53. The first kappa shape index (κ1) is 10.5. The maximum Gasteiger partial charge on any atom is 0.134 e. The first-order valence-electron chi connectivity index (χ1n) is 4.75. The first-order chi connectivity index (χ1) is 7.58. The van der Waals surface area contributed by atoms with Crippen molar-refractivity contribution in [3.63, 3.8) is 0 Å². The molecule has 0 saturated carbocycles. The lowest BCUT2D eigenvalue weighted by molar-refractivity contribution is 0.585. The summed E-state index contributed by atoms with van der Waals surface area (Å²) in [6.45, 7) is 1.75. The van der Waals surface area contributed by atoms with E-state index in [1.54, 1.807) is 13.0 Å². The monoisotopic (exact) mass is 220 g/mol. The van der Waals surface area contributed by atoms with Crippen molar-refractivity contribution in [1.82, 2.24) is 4.98 Å². The summed E-state index contributed by atoms with van der Waals surface area (Å²) in [5, 5.41) is 0. The highest BCUT2D eigenvalue weighted by Crippen LogP contribution is 2.26. The highest BCUT2D eigenvalue weighted by molar-refractivity contribution is 5.69. The number of nitrogens with zero attached hydrogens (tertiary/aromatic N) is 1. The summed E-state index contributed by atoms with van der Waals surface area (Å²) in [5.41, 5.74) is 7.57. The van der Waals surface area contributed by atoms with Crippen LogP contribution in [0.2, 0.25) is 0 Å². The second-order valence-corrected chi connectivity index (χ2v) is 3.53. The van der Waals surface area contributed by atoms with Crippen LogP contribution in [0.1, 0.15) is 5.69 Å². The zero-order valence-electron chi connectivity index (χ0n) is 8.67. The van der Waals surface area contributed by atoms with E-state index in [1.165, 1.54) is 18.3 Å². The number of hydrogen-bond acceptors (Lipinski definition) is 2. The van der Waals surface area contributed by atoms with E-state index in [9.17, 15) is 8.78 Å². The molecule has 2 N–H and O–H groups in total. The van der Waals surface area contributed by atoms with Gasteiger partial charge in [0.1, 0.15) is 11.6 Å². The van der Waals surface area contributed by atoms with Crippen molar-refractivity contribution in [3.05, 3.63) is 47.8 Å². The van der Waals surface area contributed by atoms with Crippen molar-refractivity contribution in [3.8, 4) is 11.1 Å². The molecule has 16 heavy (non-hydrogen) atoms. The van der Waals surface area contributed by atoms with Crippen LogP contribution in [0, 0.1) is 18.6 Å². The SMILES string of the molecule is Cc1ncc(N)cc1-c1ccc(F)cc1F. The second-order valence-electron chi connectivity index (χ2n) is 3.53. The zero-order chi connectivity index (χ0) is 11.7. The second kappa shape index (κ2) is 3.89. The Morgan fingerprint density at radius 3 is 2.56 bits per heavy atom. The van der Waals surface area contributed by atoms with Crippen LogP contribution in [-0.4, -0.2) is 4.98 Å². The van der Waals surface area contributed by atoms with Crippen LogP contribution >= 0.6 is 0 Å². The molecule has 1 aromatic carbocycles. The molecule has 0 unspecified atom stereocenters. The molecule has 2 aromatic rings. The molecule has 0 radical (unpaired) electrons. The molecule has 2 nitrogen and oxygen atoms in total. The van der Waals surface area contributed by atoms with Gasteiger partial charge in [-0.25, -0.2) is 8.78 Å². The van der Waals surface area contributed by atoms with Gasteiger partial charge in [0, 0.05) is 22.9 Å². The van der Waals surface area contributed by atoms with Crippen LogP contribution in [0.5, 0.6) is 0 Å². The average molecular weight is 220 g/mol. The number of halogens is 2. The summed E-state index contributed by atoms with van der Waals surface area (Å²) >= 11 is 0. The summed E-state index contributed by atoms with van der Waals surface area (Å²) in [5.74, 6) is -1.22. The third-order valence-corrected chi connectivity index (χ3v) is 2.33. The van der Waals surface area contributed by atoms with Crippen LogP contribution in [-0.2, 0) is 0 Å². The molecule has 0 fully saturated rings. The Kier molecular flexibility index (Phi) is 2.56. The smallest absolute Gasteiger partial charge is 0.134 e.